The van der Waals surface area contributed by atoms with Crippen LogP contribution in [-0.2, 0) is 4.74 Å². The smallest absolute Gasteiger partial charge is 0.404 e. The van der Waals surface area contributed by atoms with E-state index in [9.17, 15) is 4.79 Å². The second-order valence-corrected chi connectivity index (χ2v) is 3.10. The average Bonchev–Trinajstić information content (AvgIpc) is 1.96. The summed E-state index contributed by atoms with van der Waals surface area (Å²) in [6.45, 7) is 3.81. The molecule has 4 N–H and O–H groups in total. The molecule has 12 heavy (non-hydrogen) atoms. The lowest BCUT2D eigenvalue weighted by atomic mass is 9.90. The van der Waals surface area contributed by atoms with Crippen LogP contribution in [0.5, 0.6) is 0 Å². The molecule has 0 aromatic heterocycles. The fourth-order valence-electron chi connectivity index (χ4n) is 1.37. The van der Waals surface area contributed by atoms with E-state index in [2.05, 4.69) is 6.58 Å². The van der Waals surface area contributed by atoms with Gasteiger partial charge in [0, 0.05) is 12.5 Å². The number of nitrogens with two attached hydrogens (primary N) is 2. The van der Waals surface area contributed by atoms with E-state index in [4.69, 9.17) is 16.2 Å². The Labute approximate surface area is 71.6 Å². The van der Waals surface area contributed by atoms with Gasteiger partial charge in [-0.2, -0.15) is 0 Å². The molecule has 1 saturated carbocycles. The normalized spacial score (nSPS) is 29.9. The highest BCUT2D eigenvalue weighted by Gasteiger charge is 2.23. The molecule has 0 spiro atoms. The zero-order valence-electron chi connectivity index (χ0n) is 6.95. The molecule has 0 saturated heterocycles. The first-order valence-corrected chi connectivity index (χ1v) is 3.99. The third-order valence-electron chi connectivity index (χ3n) is 2.11. The molecule has 68 valence electrons. The molecule has 0 radical (unpaired) electrons. The van der Waals surface area contributed by atoms with Crippen molar-refractivity contribution < 1.29 is 9.53 Å². The first-order valence-electron chi connectivity index (χ1n) is 3.99. The third kappa shape index (κ3) is 2.23. The predicted octanol–water partition coefficient (Wildman–Crippen LogP) is 0.518. The van der Waals surface area contributed by atoms with Crippen LogP contribution in [0.1, 0.15) is 19.3 Å². The molecule has 0 heterocycles. The summed E-state index contributed by atoms with van der Waals surface area (Å²) >= 11 is 0. The van der Waals surface area contributed by atoms with Gasteiger partial charge in [0.15, 0.2) is 0 Å². The topological polar surface area (TPSA) is 78.3 Å². The van der Waals surface area contributed by atoms with Crippen molar-refractivity contribution >= 4 is 6.09 Å². The van der Waals surface area contributed by atoms with Gasteiger partial charge in [-0.05, 0) is 12.8 Å². The largest absolute Gasteiger partial charge is 0.446 e. The van der Waals surface area contributed by atoms with Gasteiger partial charge in [0.05, 0.1) is 0 Å². The zero-order chi connectivity index (χ0) is 9.14. The van der Waals surface area contributed by atoms with Crippen LogP contribution in [-0.4, -0.2) is 18.2 Å². The number of hydrogen-bond donors (Lipinski definition) is 2. The second kappa shape index (κ2) is 3.58. The van der Waals surface area contributed by atoms with Gasteiger partial charge < -0.3 is 16.2 Å². The highest BCUT2D eigenvalue weighted by atomic mass is 16.6. The molecular weight excluding hydrogens is 156 g/mol. The quantitative estimate of drug-likeness (QED) is 0.563. The lowest BCUT2D eigenvalue weighted by Gasteiger charge is -2.27. The minimum atomic E-state index is -0.722. The first kappa shape index (κ1) is 9.06. The molecule has 4 heteroatoms. The number of carbonyl (C=O) groups excluding carboxylic acids is 1. The number of ether oxygens (including phenoxy) is 1. The third-order valence-corrected chi connectivity index (χ3v) is 2.11. The van der Waals surface area contributed by atoms with Crippen LogP contribution in [0.25, 0.3) is 0 Å². The summed E-state index contributed by atoms with van der Waals surface area (Å²) in [7, 11) is 0. The fraction of sp³-hybridized carbons (Fsp3) is 0.625. The molecule has 4 nitrogen and oxygen atoms in total. The number of carbonyl (C=O) groups is 1. The predicted molar refractivity (Wildman–Crippen MR) is 45.4 cm³/mol. The van der Waals surface area contributed by atoms with Gasteiger partial charge in [-0.15, -0.1) is 0 Å². The molecule has 2 unspecified atom stereocenters. The summed E-state index contributed by atoms with van der Waals surface area (Å²) in [6, 6.07) is -0.0527. The number of amides is 1. The van der Waals surface area contributed by atoms with Crippen molar-refractivity contribution in [2.75, 3.05) is 0 Å². The summed E-state index contributed by atoms with van der Waals surface area (Å²) < 4.78 is 4.83. The Morgan fingerprint density at radius 3 is 2.83 bits per heavy atom. The van der Waals surface area contributed by atoms with E-state index in [0.29, 0.717) is 6.42 Å². The maximum absolute atomic E-state index is 10.4. The van der Waals surface area contributed by atoms with Gasteiger partial charge in [0.25, 0.3) is 0 Å². The van der Waals surface area contributed by atoms with Crippen LogP contribution in [0.2, 0.25) is 0 Å². The summed E-state index contributed by atoms with van der Waals surface area (Å²) in [4.78, 5) is 10.4. The van der Waals surface area contributed by atoms with Crippen molar-refractivity contribution in [3.63, 3.8) is 0 Å². The van der Waals surface area contributed by atoms with E-state index in [1.54, 1.807) is 0 Å². The minimum Gasteiger partial charge on any atom is -0.446 e. The molecule has 2 atom stereocenters. The molecule has 0 aromatic rings. The van der Waals surface area contributed by atoms with Crippen molar-refractivity contribution in [2.24, 2.45) is 11.5 Å². The minimum absolute atomic E-state index is 0.0527. The van der Waals surface area contributed by atoms with E-state index in [1.807, 2.05) is 0 Å². The molecule has 1 amide bonds. The molecule has 0 bridgehead atoms. The fourth-order valence-corrected chi connectivity index (χ4v) is 1.37. The van der Waals surface area contributed by atoms with E-state index in [-0.39, 0.29) is 12.1 Å². The van der Waals surface area contributed by atoms with Crippen LogP contribution < -0.4 is 11.5 Å². The maximum atomic E-state index is 10.4. The number of primary amides is 1. The molecule has 1 aliphatic rings. The highest BCUT2D eigenvalue weighted by molar-refractivity contribution is 5.64. The Morgan fingerprint density at radius 1 is 1.67 bits per heavy atom. The van der Waals surface area contributed by atoms with Gasteiger partial charge in [-0.3, -0.25) is 0 Å². The average molecular weight is 170 g/mol. The highest BCUT2D eigenvalue weighted by Crippen LogP contribution is 2.23. The molecular formula is C8H14N2O2. The number of rotatable bonds is 1. The van der Waals surface area contributed by atoms with Gasteiger partial charge in [-0.1, -0.05) is 12.2 Å². The first-order chi connectivity index (χ1) is 5.59. The lowest BCUT2D eigenvalue weighted by Crippen LogP contribution is -2.36. The Balaban J connectivity index is 2.40. The SMILES string of the molecule is C=C1CCC(OC(N)=O)CC1N. The van der Waals surface area contributed by atoms with Gasteiger partial charge in [-0.25, -0.2) is 4.79 Å². The summed E-state index contributed by atoms with van der Waals surface area (Å²) in [6.07, 6.45) is 1.40. The lowest BCUT2D eigenvalue weighted by molar-refractivity contribution is 0.0864. The van der Waals surface area contributed by atoms with E-state index in [0.717, 1.165) is 18.4 Å². The van der Waals surface area contributed by atoms with Gasteiger partial charge >= 0.3 is 6.09 Å². The van der Waals surface area contributed by atoms with E-state index in [1.165, 1.54) is 0 Å². The number of hydrogen-bond acceptors (Lipinski definition) is 3. The molecule has 0 aliphatic heterocycles. The Hall–Kier alpha value is -1.03. The molecule has 1 aliphatic carbocycles. The van der Waals surface area contributed by atoms with Gasteiger partial charge in [0.1, 0.15) is 6.10 Å². The zero-order valence-corrected chi connectivity index (χ0v) is 6.95. The van der Waals surface area contributed by atoms with Crippen molar-refractivity contribution in [1.29, 1.82) is 0 Å². The van der Waals surface area contributed by atoms with Crippen LogP contribution in [0.3, 0.4) is 0 Å². The summed E-state index contributed by atoms with van der Waals surface area (Å²) in [5, 5.41) is 0. The van der Waals surface area contributed by atoms with Crippen LogP contribution >= 0.6 is 0 Å². The summed E-state index contributed by atoms with van der Waals surface area (Å²) in [5.41, 5.74) is 11.6. The Morgan fingerprint density at radius 2 is 2.33 bits per heavy atom. The molecule has 1 fully saturated rings. The van der Waals surface area contributed by atoms with Crippen molar-refractivity contribution in [2.45, 2.75) is 31.4 Å². The van der Waals surface area contributed by atoms with Gasteiger partial charge in [0.2, 0.25) is 0 Å². The van der Waals surface area contributed by atoms with Crippen molar-refractivity contribution in [1.82, 2.24) is 0 Å². The summed E-state index contributed by atoms with van der Waals surface area (Å²) in [5.74, 6) is 0. The van der Waals surface area contributed by atoms with Crippen LogP contribution in [0, 0.1) is 0 Å². The molecule has 1 rings (SSSR count). The maximum Gasteiger partial charge on any atom is 0.404 e. The Bertz CT molecular complexity index is 203. The Kier molecular flexibility index (Phi) is 2.70. The van der Waals surface area contributed by atoms with E-state index < -0.39 is 6.09 Å². The molecule has 0 aromatic carbocycles. The van der Waals surface area contributed by atoms with E-state index >= 15 is 0 Å². The van der Waals surface area contributed by atoms with Crippen molar-refractivity contribution in [3.05, 3.63) is 12.2 Å². The monoisotopic (exact) mass is 170 g/mol. The second-order valence-electron chi connectivity index (χ2n) is 3.10. The van der Waals surface area contributed by atoms with Crippen molar-refractivity contribution in [3.8, 4) is 0 Å². The standard InChI is InChI=1S/C8H14N2O2/c1-5-2-3-6(4-7(5)9)12-8(10)11/h6-7H,1-4,9H2,(H2,10,11). The van der Waals surface area contributed by atoms with Crippen LogP contribution in [0.4, 0.5) is 4.79 Å². The van der Waals surface area contributed by atoms with Crippen LogP contribution in [0.15, 0.2) is 12.2 Å².